The van der Waals surface area contributed by atoms with Crippen molar-refractivity contribution in [2.75, 3.05) is 11.1 Å². The van der Waals surface area contributed by atoms with Crippen molar-refractivity contribution in [3.8, 4) is 0 Å². The number of aryl methyl sites for hydroxylation is 1. The summed E-state index contributed by atoms with van der Waals surface area (Å²) in [7, 11) is 0. The highest BCUT2D eigenvalue weighted by Gasteiger charge is 2.10. The van der Waals surface area contributed by atoms with Crippen LogP contribution in [0.1, 0.15) is 22.8 Å². The first kappa shape index (κ1) is 14.9. The van der Waals surface area contributed by atoms with Crippen LogP contribution in [0.25, 0.3) is 0 Å². The van der Waals surface area contributed by atoms with Gasteiger partial charge in [-0.25, -0.2) is 0 Å². The lowest BCUT2D eigenvalue weighted by atomic mass is 10.1. The van der Waals surface area contributed by atoms with Crippen molar-refractivity contribution in [3.05, 3.63) is 57.0 Å². The van der Waals surface area contributed by atoms with Crippen LogP contribution in [0.5, 0.6) is 0 Å². The fourth-order valence-corrected chi connectivity index (χ4v) is 2.38. The molecule has 1 amide bonds. The Balaban J connectivity index is 2.25. The third-order valence-electron chi connectivity index (χ3n) is 2.95. The normalized spacial score (nSPS) is 10.3. The fourth-order valence-electron chi connectivity index (χ4n) is 1.86. The first-order valence-electron chi connectivity index (χ1n) is 6.16. The maximum atomic E-state index is 12.2. The second-order valence-electron chi connectivity index (χ2n) is 4.35. The number of nitrogens with two attached hydrogens (primary N) is 1. The Morgan fingerprint density at radius 1 is 1.30 bits per heavy atom. The Hall–Kier alpha value is -1.52. The van der Waals surface area contributed by atoms with E-state index in [0.717, 1.165) is 22.1 Å². The summed E-state index contributed by atoms with van der Waals surface area (Å²) in [5.41, 5.74) is 8.45. The third kappa shape index (κ3) is 3.32. The molecule has 0 heterocycles. The van der Waals surface area contributed by atoms with E-state index in [9.17, 15) is 4.79 Å². The Morgan fingerprint density at radius 2 is 2.05 bits per heavy atom. The molecule has 0 aromatic heterocycles. The molecule has 0 radical (unpaired) electrons. The van der Waals surface area contributed by atoms with E-state index >= 15 is 0 Å². The third-order valence-corrected chi connectivity index (χ3v) is 3.79. The fraction of sp³-hybridized carbons (Fsp3) is 0.133. The Morgan fingerprint density at radius 3 is 2.70 bits per heavy atom. The van der Waals surface area contributed by atoms with Crippen LogP contribution in [0.2, 0.25) is 5.02 Å². The smallest absolute Gasteiger partial charge is 0.255 e. The van der Waals surface area contributed by atoms with Gasteiger partial charge in [0.1, 0.15) is 0 Å². The van der Waals surface area contributed by atoms with Crippen molar-refractivity contribution in [3.63, 3.8) is 0 Å². The molecule has 2 rings (SSSR count). The van der Waals surface area contributed by atoms with Gasteiger partial charge < -0.3 is 11.1 Å². The van der Waals surface area contributed by atoms with E-state index < -0.39 is 0 Å². The maximum absolute atomic E-state index is 12.2. The number of rotatable bonds is 3. The van der Waals surface area contributed by atoms with Gasteiger partial charge in [-0.1, -0.05) is 34.5 Å². The van der Waals surface area contributed by atoms with Gasteiger partial charge in [0.2, 0.25) is 0 Å². The van der Waals surface area contributed by atoms with Gasteiger partial charge in [0.25, 0.3) is 5.91 Å². The summed E-state index contributed by atoms with van der Waals surface area (Å²) in [5.74, 6) is -0.203. The highest BCUT2D eigenvalue weighted by atomic mass is 79.9. The Kier molecular flexibility index (Phi) is 4.68. The zero-order chi connectivity index (χ0) is 14.7. The van der Waals surface area contributed by atoms with Gasteiger partial charge in [0, 0.05) is 15.7 Å². The van der Waals surface area contributed by atoms with E-state index in [1.165, 1.54) is 0 Å². The predicted molar refractivity (Wildman–Crippen MR) is 87.3 cm³/mol. The van der Waals surface area contributed by atoms with Crippen molar-refractivity contribution in [1.29, 1.82) is 0 Å². The molecule has 0 spiro atoms. The number of anilines is 2. The van der Waals surface area contributed by atoms with Crippen LogP contribution in [0.4, 0.5) is 11.4 Å². The van der Waals surface area contributed by atoms with Crippen LogP contribution >= 0.6 is 27.5 Å². The second kappa shape index (κ2) is 6.29. The lowest BCUT2D eigenvalue weighted by Crippen LogP contribution is -2.13. The van der Waals surface area contributed by atoms with E-state index in [1.54, 1.807) is 18.2 Å². The molecular weight excluding hydrogens is 340 g/mol. The summed E-state index contributed by atoms with van der Waals surface area (Å²) >= 11 is 9.27. The summed E-state index contributed by atoms with van der Waals surface area (Å²) in [4.78, 5) is 12.2. The summed E-state index contributed by atoms with van der Waals surface area (Å²) in [6, 6.07) is 10.6. The summed E-state index contributed by atoms with van der Waals surface area (Å²) in [5, 5.41) is 3.34. The topological polar surface area (TPSA) is 55.1 Å². The molecule has 0 aliphatic carbocycles. The number of nitrogens with one attached hydrogen (secondary N) is 1. The van der Waals surface area contributed by atoms with E-state index in [4.69, 9.17) is 17.3 Å². The van der Waals surface area contributed by atoms with Crippen molar-refractivity contribution in [1.82, 2.24) is 0 Å². The highest BCUT2D eigenvalue weighted by Crippen LogP contribution is 2.24. The molecule has 2 aromatic rings. The van der Waals surface area contributed by atoms with Crippen molar-refractivity contribution < 1.29 is 4.79 Å². The number of carbonyl (C=O) groups excluding carboxylic acids is 1. The van der Waals surface area contributed by atoms with Crippen LogP contribution in [0.3, 0.4) is 0 Å². The van der Waals surface area contributed by atoms with Crippen LogP contribution in [-0.2, 0) is 6.42 Å². The molecule has 0 bridgehead atoms. The first-order chi connectivity index (χ1) is 9.51. The SMILES string of the molecule is CCc1cc(Br)ccc1NC(=O)c1ccc(Cl)c(N)c1. The number of benzene rings is 2. The number of nitrogen functional groups attached to an aromatic ring is 1. The highest BCUT2D eigenvalue weighted by molar-refractivity contribution is 9.10. The molecule has 0 fully saturated rings. The summed E-state index contributed by atoms with van der Waals surface area (Å²) in [6.07, 6.45) is 0.831. The minimum absolute atomic E-state index is 0.203. The van der Waals surface area contributed by atoms with E-state index in [0.29, 0.717) is 16.3 Å². The molecule has 0 atom stereocenters. The number of hydrogen-bond donors (Lipinski definition) is 2. The average Bonchev–Trinajstić information content (AvgIpc) is 2.43. The van der Waals surface area contributed by atoms with Crippen LogP contribution < -0.4 is 11.1 Å². The van der Waals surface area contributed by atoms with Gasteiger partial charge in [-0.15, -0.1) is 0 Å². The zero-order valence-electron chi connectivity index (χ0n) is 10.9. The molecule has 0 saturated carbocycles. The minimum Gasteiger partial charge on any atom is -0.398 e. The van der Waals surface area contributed by atoms with Gasteiger partial charge in [-0.3, -0.25) is 4.79 Å². The molecule has 5 heteroatoms. The lowest BCUT2D eigenvalue weighted by molar-refractivity contribution is 0.102. The minimum atomic E-state index is -0.203. The molecule has 104 valence electrons. The number of carbonyl (C=O) groups is 1. The van der Waals surface area contributed by atoms with Gasteiger partial charge >= 0.3 is 0 Å². The molecular formula is C15H14BrClN2O. The standard InChI is InChI=1S/C15H14BrClN2O/c1-2-9-7-11(16)4-6-14(9)19-15(20)10-3-5-12(17)13(18)8-10/h3-8H,2,18H2,1H3,(H,19,20). The first-order valence-corrected chi connectivity index (χ1v) is 7.33. The quantitative estimate of drug-likeness (QED) is 0.798. The molecule has 0 aliphatic heterocycles. The predicted octanol–water partition coefficient (Wildman–Crippen LogP) is 4.50. The number of amides is 1. The van der Waals surface area contributed by atoms with Gasteiger partial charge in [-0.2, -0.15) is 0 Å². The Bertz CT molecular complexity index is 658. The monoisotopic (exact) mass is 352 g/mol. The largest absolute Gasteiger partial charge is 0.398 e. The van der Waals surface area contributed by atoms with Gasteiger partial charge in [-0.05, 0) is 48.4 Å². The molecule has 2 aromatic carbocycles. The van der Waals surface area contributed by atoms with Crippen LogP contribution in [0.15, 0.2) is 40.9 Å². The lowest BCUT2D eigenvalue weighted by Gasteiger charge is -2.11. The van der Waals surface area contributed by atoms with E-state index in [-0.39, 0.29) is 5.91 Å². The molecule has 3 nitrogen and oxygen atoms in total. The molecule has 0 saturated heterocycles. The van der Waals surface area contributed by atoms with Crippen molar-refractivity contribution >= 4 is 44.8 Å². The molecule has 3 N–H and O–H groups in total. The molecule has 20 heavy (non-hydrogen) atoms. The molecule has 0 unspecified atom stereocenters. The van der Waals surface area contributed by atoms with Crippen LogP contribution in [-0.4, -0.2) is 5.91 Å². The average molecular weight is 354 g/mol. The number of halogens is 2. The van der Waals surface area contributed by atoms with E-state index in [2.05, 4.69) is 21.2 Å². The zero-order valence-corrected chi connectivity index (χ0v) is 13.3. The summed E-state index contributed by atoms with van der Waals surface area (Å²) in [6.45, 7) is 2.04. The molecule has 0 aliphatic rings. The summed E-state index contributed by atoms with van der Waals surface area (Å²) < 4.78 is 0.989. The van der Waals surface area contributed by atoms with E-state index in [1.807, 2.05) is 25.1 Å². The number of hydrogen-bond acceptors (Lipinski definition) is 2. The maximum Gasteiger partial charge on any atom is 0.255 e. The van der Waals surface area contributed by atoms with Gasteiger partial charge in [0.15, 0.2) is 0 Å². The second-order valence-corrected chi connectivity index (χ2v) is 5.67. The van der Waals surface area contributed by atoms with Crippen LogP contribution in [0, 0.1) is 0 Å². The Labute approximate surface area is 131 Å². The van der Waals surface area contributed by atoms with Crippen molar-refractivity contribution in [2.45, 2.75) is 13.3 Å². The van der Waals surface area contributed by atoms with Gasteiger partial charge in [0.05, 0.1) is 10.7 Å². The van der Waals surface area contributed by atoms with Crippen molar-refractivity contribution in [2.24, 2.45) is 0 Å².